The highest BCUT2D eigenvalue weighted by atomic mass is 127. The molecule has 1 aliphatic carbocycles. The maximum atomic E-state index is 11.9. The van der Waals surface area contributed by atoms with Crippen LogP contribution in [-0.4, -0.2) is 38.0 Å². The standard InChI is InChI=1S/C18H30N4O2.HI/c1-13-6-4-7-15(12-13)22-18(19-3)21-10-5-9-20-17(23)16-14(2)8-11-24-16;/h8,11,13,15H,4-7,9-10,12H2,1-3H3,(H,20,23)(H2,19,21,22);1H. The molecule has 0 saturated heterocycles. The number of guanidine groups is 1. The van der Waals surface area contributed by atoms with E-state index in [4.69, 9.17) is 4.42 Å². The molecule has 2 atom stereocenters. The van der Waals surface area contributed by atoms with E-state index in [1.807, 2.05) is 6.92 Å². The third-order valence-corrected chi connectivity index (χ3v) is 4.50. The summed E-state index contributed by atoms with van der Waals surface area (Å²) in [6, 6.07) is 2.31. The summed E-state index contributed by atoms with van der Waals surface area (Å²) in [6.07, 6.45) is 7.40. The van der Waals surface area contributed by atoms with Crippen LogP contribution in [-0.2, 0) is 0 Å². The summed E-state index contributed by atoms with van der Waals surface area (Å²) in [5, 5.41) is 9.69. The minimum atomic E-state index is -0.156. The number of hydrogen-bond donors (Lipinski definition) is 3. The molecule has 1 fully saturated rings. The second-order valence-corrected chi connectivity index (χ2v) is 6.65. The molecule has 0 aliphatic heterocycles. The van der Waals surface area contributed by atoms with Crippen LogP contribution >= 0.6 is 24.0 Å². The van der Waals surface area contributed by atoms with Gasteiger partial charge in [-0.2, -0.15) is 0 Å². The first-order valence-electron chi connectivity index (χ1n) is 8.89. The second-order valence-electron chi connectivity index (χ2n) is 6.65. The van der Waals surface area contributed by atoms with Crippen LogP contribution in [0.1, 0.15) is 55.1 Å². The van der Waals surface area contributed by atoms with Gasteiger partial charge in [-0.15, -0.1) is 24.0 Å². The molecule has 25 heavy (non-hydrogen) atoms. The number of carbonyl (C=O) groups excluding carboxylic acids is 1. The van der Waals surface area contributed by atoms with Crippen LogP contribution in [0.15, 0.2) is 21.7 Å². The quantitative estimate of drug-likeness (QED) is 0.263. The number of aliphatic imine (C=N–C) groups is 1. The lowest BCUT2D eigenvalue weighted by Crippen LogP contribution is -2.45. The first-order valence-corrected chi connectivity index (χ1v) is 8.89. The van der Waals surface area contributed by atoms with Gasteiger partial charge in [0.1, 0.15) is 0 Å². The Hall–Kier alpha value is -1.25. The predicted octanol–water partition coefficient (Wildman–Crippen LogP) is 3.07. The van der Waals surface area contributed by atoms with Gasteiger partial charge in [-0.25, -0.2) is 0 Å². The van der Waals surface area contributed by atoms with E-state index in [-0.39, 0.29) is 29.9 Å². The van der Waals surface area contributed by atoms with Crippen LogP contribution in [0.5, 0.6) is 0 Å². The molecule has 1 aromatic heterocycles. The molecule has 1 aromatic rings. The van der Waals surface area contributed by atoms with Gasteiger partial charge in [-0.1, -0.05) is 19.8 Å². The molecule has 7 heteroatoms. The van der Waals surface area contributed by atoms with Gasteiger partial charge in [0.25, 0.3) is 5.91 Å². The summed E-state index contributed by atoms with van der Waals surface area (Å²) in [7, 11) is 1.79. The topological polar surface area (TPSA) is 78.7 Å². The Morgan fingerprint density at radius 3 is 2.72 bits per heavy atom. The van der Waals surface area contributed by atoms with Gasteiger partial charge in [-0.05, 0) is 38.2 Å². The van der Waals surface area contributed by atoms with Gasteiger partial charge in [0.2, 0.25) is 0 Å². The Balaban J connectivity index is 0.00000312. The third-order valence-electron chi connectivity index (χ3n) is 4.50. The lowest BCUT2D eigenvalue weighted by Gasteiger charge is -2.28. The summed E-state index contributed by atoms with van der Waals surface area (Å²) >= 11 is 0. The van der Waals surface area contributed by atoms with Crippen molar-refractivity contribution >= 4 is 35.8 Å². The summed E-state index contributed by atoms with van der Waals surface area (Å²) in [5.74, 6) is 1.87. The van der Waals surface area contributed by atoms with Crippen molar-refractivity contribution in [3.05, 3.63) is 23.7 Å². The molecule has 2 rings (SSSR count). The maximum Gasteiger partial charge on any atom is 0.287 e. The number of nitrogens with zero attached hydrogens (tertiary/aromatic N) is 1. The Kier molecular flexibility index (Phi) is 9.92. The molecular weight excluding hydrogens is 431 g/mol. The normalized spacial score (nSPS) is 20.5. The van der Waals surface area contributed by atoms with E-state index in [0.717, 1.165) is 30.4 Å². The zero-order chi connectivity index (χ0) is 17.4. The lowest BCUT2D eigenvalue weighted by molar-refractivity contribution is 0.0925. The van der Waals surface area contributed by atoms with Gasteiger partial charge in [-0.3, -0.25) is 9.79 Å². The highest BCUT2D eigenvalue weighted by Gasteiger charge is 2.19. The minimum absolute atomic E-state index is 0. The molecule has 1 heterocycles. The van der Waals surface area contributed by atoms with E-state index >= 15 is 0 Å². The largest absolute Gasteiger partial charge is 0.459 e. The van der Waals surface area contributed by atoms with Crippen LogP contribution in [0.2, 0.25) is 0 Å². The number of hydrogen-bond acceptors (Lipinski definition) is 3. The van der Waals surface area contributed by atoms with Crippen molar-refractivity contribution in [1.82, 2.24) is 16.0 Å². The Labute approximate surface area is 167 Å². The molecule has 0 spiro atoms. The number of aryl methyl sites for hydroxylation is 1. The summed E-state index contributed by atoms with van der Waals surface area (Å²) in [4.78, 5) is 16.2. The Morgan fingerprint density at radius 2 is 2.08 bits per heavy atom. The molecule has 1 aliphatic rings. The number of amides is 1. The first kappa shape index (κ1) is 21.8. The van der Waals surface area contributed by atoms with E-state index in [1.165, 1.54) is 31.9 Å². The van der Waals surface area contributed by atoms with Crippen molar-refractivity contribution in [2.24, 2.45) is 10.9 Å². The molecule has 3 N–H and O–H groups in total. The van der Waals surface area contributed by atoms with Gasteiger partial charge < -0.3 is 20.4 Å². The van der Waals surface area contributed by atoms with Crippen molar-refractivity contribution in [2.45, 2.75) is 52.0 Å². The van der Waals surface area contributed by atoms with Crippen LogP contribution in [0.25, 0.3) is 0 Å². The number of nitrogens with one attached hydrogen (secondary N) is 3. The summed E-state index contributed by atoms with van der Waals surface area (Å²) in [6.45, 7) is 5.54. The molecule has 2 unspecified atom stereocenters. The molecule has 0 bridgehead atoms. The fourth-order valence-electron chi connectivity index (χ4n) is 3.14. The van der Waals surface area contributed by atoms with E-state index in [2.05, 4.69) is 27.9 Å². The average Bonchev–Trinajstić information content (AvgIpc) is 2.99. The van der Waals surface area contributed by atoms with E-state index in [0.29, 0.717) is 18.3 Å². The SMILES string of the molecule is CN=C(NCCCNC(=O)c1occc1C)NC1CCCC(C)C1.I. The van der Waals surface area contributed by atoms with Crippen molar-refractivity contribution in [1.29, 1.82) is 0 Å². The maximum absolute atomic E-state index is 11.9. The van der Waals surface area contributed by atoms with Crippen molar-refractivity contribution in [2.75, 3.05) is 20.1 Å². The van der Waals surface area contributed by atoms with E-state index in [9.17, 15) is 4.79 Å². The van der Waals surface area contributed by atoms with Crippen LogP contribution in [0, 0.1) is 12.8 Å². The van der Waals surface area contributed by atoms with Crippen molar-refractivity contribution in [3.63, 3.8) is 0 Å². The number of rotatable bonds is 6. The fourth-order valence-corrected chi connectivity index (χ4v) is 3.14. The van der Waals surface area contributed by atoms with Crippen molar-refractivity contribution in [3.8, 4) is 0 Å². The molecule has 0 aromatic carbocycles. The minimum Gasteiger partial charge on any atom is -0.459 e. The number of carbonyl (C=O) groups is 1. The average molecular weight is 462 g/mol. The van der Waals surface area contributed by atoms with Gasteiger partial charge in [0.05, 0.1) is 6.26 Å². The lowest BCUT2D eigenvalue weighted by atomic mass is 9.87. The third kappa shape index (κ3) is 7.25. The number of furan rings is 1. The molecule has 1 amide bonds. The zero-order valence-corrected chi connectivity index (χ0v) is 17.8. The molecular formula is C18H31IN4O2. The smallest absolute Gasteiger partial charge is 0.287 e. The second kappa shape index (κ2) is 11.4. The summed E-state index contributed by atoms with van der Waals surface area (Å²) in [5.41, 5.74) is 0.858. The first-order chi connectivity index (χ1) is 11.6. The van der Waals surface area contributed by atoms with Crippen molar-refractivity contribution < 1.29 is 9.21 Å². The highest BCUT2D eigenvalue weighted by Crippen LogP contribution is 2.23. The number of halogens is 1. The zero-order valence-electron chi connectivity index (χ0n) is 15.4. The van der Waals surface area contributed by atoms with E-state index in [1.54, 1.807) is 13.1 Å². The monoisotopic (exact) mass is 462 g/mol. The molecule has 0 radical (unpaired) electrons. The summed E-state index contributed by atoms with van der Waals surface area (Å²) < 4.78 is 5.18. The van der Waals surface area contributed by atoms with E-state index < -0.39 is 0 Å². The Morgan fingerprint density at radius 1 is 1.32 bits per heavy atom. The van der Waals surface area contributed by atoms with Gasteiger partial charge in [0, 0.05) is 31.7 Å². The molecule has 6 nitrogen and oxygen atoms in total. The van der Waals surface area contributed by atoms with Crippen LogP contribution < -0.4 is 16.0 Å². The van der Waals surface area contributed by atoms with Gasteiger partial charge >= 0.3 is 0 Å². The van der Waals surface area contributed by atoms with Gasteiger partial charge in [0.15, 0.2) is 11.7 Å². The van der Waals surface area contributed by atoms with Crippen LogP contribution in [0.4, 0.5) is 0 Å². The Bertz CT molecular complexity index is 559. The molecule has 142 valence electrons. The fraction of sp³-hybridized carbons (Fsp3) is 0.667. The molecule has 1 saturated carbocycles. The van der Waals surface area contributed by atoms with Crippen LogP contribution in [0.3, 0.4) is 0 Å². The highest BCUT2D eigenvalue weighted by molar-refractivity contribution is 14.0. The predicted molar refractivity (Wildman–Crippen MR) is 112 cm³/mol.